The predicted octanol–water partition coefficient (Wildman–Crippen LogP) is 4.54. The predicted molar refractivity (Wildman–Crippen MR) is 181 cm³/mol. The van der Waals surface area contributed by atoms with Crippen molar-refractivity contribution in [1.29, 1.82) is 0 Å². The second-order valence-electron chi connectivity index (χ2n) is 13.0. The highest BCUT2D eigenvalue weighted by Gasteiger charge is 2.35. The lowest BCUT2D eigenvalue weighted by atomic mass is 9.91. The maximum absolute atomic E-state index is 14.6. The van der Waals surface area contributed by atoms with Crippen molar-refractivity contribution < 1.29 is 9.59 Å². The molecule has 4 heterocycles. The van der Waals surface area contributed by atoms with Crippen LogP contribution in [0.1, 0.15) is 30.0 Å². The van der Waals surface area contributed by atoms with Crippen LogP contribution in [0.5, 0.6) is 0 Å². The molecule has 2 aliphatic rings. The van der Waals surface area contributed by atoms with Crippen LogP contribution in [0.4, 0.5) is 10.5 Å². The summed E-state index contributed by atoms with van der Waals surface area (Å²) in [5.74, 6) is 0.181. The summed E-state index contributed by atoms with van der Waals surface area (Å²) in [7, 11) is 4.12. The molecule has 3 N–H and O–H groups in total. The first-order chi connectivity index (χ1) is 22.4. The van der Waals surface area contributed by atoms with Gasteiger partial charge in [0.15, 0.2) is 0 Å². The van der Waals surface area contributed by atoms with Crippen LogP contribution in [-0.4, -0.2) is 82.6 Å². The Morgan fingerprint density at radius 3 is 2.48 bits per heavy atom. The van der Waals surface area contributed by atoms with Gasteiger partial charge < -0.3 is 30.0 Å². The summed E-state index contributed by atoms with van der Waals surface area (Å²) >= 11 is 0. The fraction of sp³-hybridized carbons (Fsp3) is 0.361. The molecule has 10 nitrogen and oxygen atoms in total. The van der Waals surface area contributed by atoms with Crippen LogP contribution in [0.15, 0.2) is 83.8 Å². The highest BCUT2D eigenvalue weighted by Crippen LogP contribution is 2.31. The van der Waals surface area contributed by atoms with Crippen molar-refractivity contribution in [2.75, 3.05) is 45.2 Å². The Labute approximate surface area is 268 Å². The molecule has 5 aromatic rings. The van der Waals surface area contributed by atoms with Crippen molar-refractivity contribution in [3.63, 3.8) is 0 Å². The Balaban J connectivity index is 1.13. The van der Waals surface area contributed by atoms with Gasteiger partial charge in [-0.15, -0.1) is 0 Å². The molecule has 10 heteroatoms. The Morgan fingerprint density at radius 1 is 0.957 bits per heavy atom. The van der Waals surface area contributed by atoms with Gasteiger partial charge in [0, 0.05) is 61.4 Å². The number of H-pyrrole nitrogens is 2. The summed E-state index contributed by atoms with van der Waals surface area (Å²) in [6.07, 6.45) is 4.53. The third-order valence-corrected chi connectivity index (χ3v) is 9.56. The van der Waals surface area contributed by atoms with Crippen LogP contribution in [0.25, 0.3) is 21.9 Å². The largest absolute Gasteiger partial charge is 0.361 e. The van der Waals surface area contributed by atoms with Crippen LogP contribution >= 0.6 is 0 Å². The van der Waals surface area contributed by atoms with E-state index in [4.69, 9.17) is 0 Å². The lowest BCUT2D eigenvalue weighted by molar-refractivity contribution is -0.120. The Bertz CT molecular complexity index is 1930. The molecular formula is C36H41N7O3. The molecule has 0 bridgehead atoms. The summed E-state index contributed by atoms with van der Waals surface area (Å²) in [5, 5.41) is 4.21. The standard InChI is InChI=1S/C36H41N7O3/c1-40(2)22-24-19-25-9-3-7-13-32(25)42(23-24)34(44)31(20-26-21-37-29-11-5-4-10-28(26)29)39-35(45)41-17-15-27(16-18-41)43-33-14-8-6-12-30(33)38-36(43)46/h3-14,21,24,27,31,37H,15-20,22-23H2,1-2H3,(H,38,46)(H,39,45). The van der Waals surface area contributed by atoms with Crippen molar-refractivity contribution in [3.8, 4) is 0 Å². The average molecular weight is 620 g/mol. The topological polar surface area (TPSA) is 109 Å². The minimum Gasteiger partial charge on any atom is -0.361 e. The molecule has 3 amide bonds. The first kappa shape index (κ1) is 29.9. The van der Waals surface area contributed by atoms with Gasteiger partial charge in [0.1, 0.15) is 6.04 Å². The number of carbonyl (C=O) groups is 2. The number of piperidine rings is 1. The van der Waals surface area contributed by atoms with Gasteiger partial charge >= 0.3 is 11.7 Å². The van der Waals surface area contributed by atoms with E-state index in [1.807, 2.05) is 82.4 Å². The highest BCUT2D eigenvalue weighted by atomic mass is 16.2. The molecule has 2 aliphatic heterocycles. The SMILES string of the molecule is CN(C)CC1Cc2ccccc2N(C(=O)C(Cc2c[nH]c3ccccc23)NC(=O)N2CCC(n3c(=O)[nH]c4ccccc43)CC2)C1. The van der Waals surface area contributed by atoms with Gasteiger partial charge in [0.25, 0.3) is 0 Å². The number of amides is 3. The lowest BCUT2D eigenvalue weighted by Crippen LogP contribution is -2.56. The van der Waals surface area contributed by atoms with Crippen LogP contribution in [0.3, 0.4) is 0 Å². The third-order valence-electron chi connectivity index (χ3n) is 9.56. The number of aromatic amines is 2. The second kappa shape index (κ2) is 12.5. The number of likely N-dealkylation sites (tertiary alicyclic amines) is 1. The van der Waals surface area contributed by atoms with Gasteiger partial charge in [-0.25, -0.2) is 9.59 Å². The number of aromatic nitrogens is 3. The summed E-state index contributed by atoms with van der Waals surface area (Å²) < 4.78 is 1.83. The van der Waals surface area contributed by atoms with E-state index >= 15 is 0 Å². The number of benzene rings is 3. The molecule has 46 heavy (non-hydrogen) atoms. The summed E-state index contributed by atoms with van der Waals surface area (Å²) in [6, 6.07) is 22.9. The van der Waals surface area contributed by atoms with Gasteiger partial charge in [-0.05, 0) is 74.7 Å². The molecule has 0 aliphatic carbocycles. The van der Waals surface area contributed by atoms with E-state index < -0.39 is 6.04 Å². The molecular weight excluding hydrogens is 578 g/mol. The molecule has 3 aromatic carbocycles. The van der Waals surface area contributed by atoms with Crippen LogP contribution in [0.2, 0.25) is 0 Å². The molecule has 0 spiro atoms. The molecule has 2 atom stereocenters. The quantitative estimate of drug-likeness (QED) is 0.249. The zero-order valence-electron chi connectivity index (χ0n) is 26.4. The average Bonchev–Trinajstić information content (AvgIpc) is 3.63. The smallest absolute Gasteiger partial charge is 0.326 e. The maximum atomic E-state index is 14.6. The van der Waals surface area contributed by atoms with E-state index in [1.165, 1.54) is 0 Å². The maximum Gasteiger partial charge on any atom is 0.326 e. The number of nitrogens with zero attached hydrogens (tertiary/aromatic N) is 4. The number of hydrogen-bond donors (Lipinski definition) is 3. The van der Waals surface area contributed by atoms with E-state index in [2.05, 4.69) is 40.3 Å². The van der Waals surface area contributed by atoms with E-state index in [0.29, 0.717) is 38.9 Å². The molecule has 1 fully saturated rings. The fourth-order valence-corrected chi connectivity index (χ4v) is 7.44. The number of para-hydroxylation sites is 4. The zero-order chi connectivity index (χ0) is 31.8. The molecule has 238 valence electrons. The van der Waals surface area contributed by atoms with Crippen molar-refractivity contribution in [2.45, 2.75) is 37.8 Å². The number of urea groups is 1. The van der Waals surface area contributed by atoms with Crippen LogP contribution in [-0.2, 0) is 17.6 Å². The first-order valence-corrected chi connectivity index (χ1v) is 16.2. The van der Waals surface area contributed by atoms with Gasteiger partial charge in [-0.2, -0.15) is 0 Å². The number of carbonyl (C=O) groups excluding carboxylic acids is 2. The summed E-state index contributed by atoms with van der Waals surface area (Å²) in [4.78, 5) is 53.4. The number of rotatable bonds is 7. The van der Waals surface area contributed by atoms with E-state index in [-0.39, 0.29) is 29.6 Å². The number of anilines is 1. The Hall–Kier alpha value is -4.83. The number of hydrogen-bond acceptors (Lipinski definition) is 4. The van der Waals surface area contributed by atoms with E-state index in [9.17, 15) is 14.4 Å². The van der Waals surface area contributed by atoms with Crippen molar-refractivity contribution in [3.05, 3.63) is 101 Å². The molecule has 0 radical (unpaired) electrons. The molecule has 7 rings (SSSR count). The molecule has 1 saturated heterocycles. The van der Waals surface area contributed by atoms with Crippen molar-refractivity contribution in [2.24, 2.45) is 5.92 Å². The van der Waals surface area contributed by atoms with Crippen molar-refractivity contribution >= 4 is 39.6 Å². The molecule has 2 aromatic heterocycles. The van der Waals surface area contributed by atoms with Crippen LogP contribution in [0, 0.1) is 5.92 Å². The molecule has 0 saturated carbocycles. The lowest BCUT2D eigenvalue weighted by Gasteiger charge is -2.38. The van der Waals surface area contributed by atoms with Gasteiger partial charge in [0.05, 0.1) is 11.0 Å². The first-order valence-electron chi connectivity index (χ1n) is 16.2. The van der Waals surface area contributed by atoms with Gasteiger partial charge in [-0.3, -0.25) is 9.36 Å². The number of imidazole rings is 1. The minimum absolute atomic E-state index is 0.00479. The fourth-order valence-electron chi connectivity index (χ4n) is 7.44. The van der Waals surface area contributed by atoms with E-state index in [1.54, 1.807) is 4.90 Å². The van der Waals surface area contributed by atoms with Crippen LogP contribution < -0.4 is 15.9 Å². The zero-order valence-corrected chi connectivity index (χ0v) is 26.4. The normalized spacial score (nSPS) is 17.8. The second-order valence-corrected chi connectivity index (χ2v) is 13.0. The van der Waals surface area contributed by atoms with E-state index in [0.717, 1.165) is 51.7 Å². The molecule has 2 unspecified atom stereocenters. The number of nitrogens with one attached hydrogen (secondary N) is 3. The highest BCUT2D eigenvalue weighted by molar-refractivity contribution is 6.00. The summed E-state index contributed by atoms with van der Waals surface area (Å²) in [5.41, 5.74) is 5.64. The van der Waals surface area contributed by atoms with Crippen molar-refractivity contribution in [1.82, 2.24) is 29.7 Å². The minimum atomic E-state index is -0.758. The Kier molecular flexibility index (Phi) is 8.12. The monoisotopic (exact) mass is 619 g/mol. The Morgan fingerprint density at radius 2 is 1.67 bits per heavy atom. The van der Waals surface area contributed by atoms with Gasteiger partial charge in [-0.1, -0.05) is 48.5 Å². The summed E-state index contributed by atoms with van der Waals surface area (Å²) in [6.45, 7) is 2.45. The third kappa shape index (κ3) is 5.80. The van der Waals surface area contributed by atoms with Gasteiger partial charge in [0.2, 0.25) is 5.91 Å². The number of fused-ring (bicyclic) bond motifs is 3.